The lowest BCUT2D eigenvalue weighted by Crippen LogP contribution is -2.01. The maximum absolute atomic E-state index is 10.9. The summed E-state index contributed by atoms with van der Waals surface area (Å²) < 4.78 is 9.84. The van der Waals surface area contributed by atoms with Crippen LogP contribution in [0.1, 0.15) is 20.4 Å². The van der Waals surface area contributed by atoms with Crippen molar-refractivity contribution in [3.63, 3.8) is 0 Å². The van der Waals surface area contributed by atoms with Gasteiger partial charge >= 0.3 is 5.97 Å². The summed E-state index contributed by atoms with van der Waals surface area (Å²) >= 11 is 1.17. The van der Waals surface area contributed by atoms with Gasteiger partial charge in [-0.3, -0.25) is 0 Å². The number of carbonyl (C=O) groups is 1. The van der Waals surface area contributed by atoms with E-state index in [1.54, 1.807) is 6.07 Å². The molecule has 0 amide bonds. The number of aromatic carboxylic acids is 1. The van der Waals surface area contributed by atoms with Crippen LogP contribution in [-0.2, 0) is 6.61 Å². The molecule has 16 heavy (non-hydrogen) atoms. The van der Waals surface area contributed by atoms with Crippen LogP contribution >= 0.6 is 11.3 Å². The van der Waals surface area contributed by atoms with Crippen LogP contribution in [0.25, 0.3) is 0 Å². The van der Waals surface area contributed by atoms with Gasteiger partial charge in [0.1, 0.15) is 5.75 Å². The van der Waals surface area contributed by atoms with Crippen molar-refractivity contribution < 1.29 is 19.2 Å². The van der Waals surface area contributed by atoms with Crippen LogP contribution in [0.4, 0.5) is 0 Å². The molecule has 7 heteroatoms. The van der Waals surface area contributed by atoms with Gasteiger partial charge in [0.25, 0.3) is 0 Å². The van der Waals surface area contributed by atoms with Gasteiger partial charge < -0.3 is 14.4 Å². The summed E-state index contributed by atoms with van der Waals surface area (Å²) in [5, 5.41) is 12.5. The second kappa shape index (κ2) is 4.31. The molecule has 2 heterocycles. The molecule has 0 aliphatic heterocycles. The summed E-state index contributed by atoms with van der Waals surface area (Å²) in [5.74, 6) is -0.291. The highest BCUT2D eigenvalue weighted by atomic mass is 32.1. The molecule has 0 fully saturated rings. The van der Waals surface area contributed by atoms with E-state index in [0.29, 0.717) is 11.6 Å². The molecule has 0 aromatic carbocycles. The largest absolute Gasteiger partial charge is 0.484 e. The lowest BCUT2D eigenvalue weighted by Gasteiger charge is -2.01. The maximum Gasteiger partial charge on any atom is 0.349 e. The summed E-state index contributed by atoms with van der Waals surface area (Å²) in [6, 6.07) is 1.67. The number of carboxylic acids is 1. The van der Waals surface area contributed by atoms with E-state index >= 15 is 0 Å². The molecule has 0 unspecified atom stereocenters. The van der Waals surface area contributed by atoms with Crippen molar-refractivity contribution in [1.29, 1.82) is 0 Å². The van der Waals surface area contributed by atoms with E-state index in [9.17, 15) is 4.79 Å². The zero-order valence-electron chi connectivity index (χ0n) is 8.34. The van der Waals surface area contributed by atoms with E-state index in [4.69, 9.17) is 9.84 Å². The van der Waals surface area contributed by atoms with Crippen LogP contribution in [0.3, 0.4) is 0 Å². The minimum Gasteiger partial charge on any atom is -0.484 e. The maximum atomic E-state index is 10.9. The molecule has 0 bridgehead atoms. The first-order valence-electron chi connectivity index (χ1n) is 4.38. The molecule has 0 saturated carbocycles. The number of rotatable bonds is 4. The fourth-order valence-electron chi connectivity index (χ4n) is 1.15. The van der Waals surface area contributed by atoms with Crippen LogP contribution in [0.15, 0.2) is 17.0 Å². The van der Waals surface area contributed by atoms with Crippen molar-refractivity contribution in [2.45, 2.75) is 13.5 Å². The topological polar surface area (TPSA) is 85.5 Å². The number of hydrogen-bond acceptors (Lipinski definition) is 6. The Hall–Kier alpha value is -1.89. The third-order valence-electron chi connectivity index (χ3n) is 1.78. The van der Waals surface area contributed by atoms with Crippen LogP contribution in [0.5, 0.6) is 5.75 Å². The number of thiophene rings is 1. The molecule has 0 aliphatic carbocycles. The number of nitrogens with zero attached hydrogens (tertiary/aromatic N) is 2. The zero-order valence-corrected chi connectivity index (χ0v) is 9.15. The first kappa shape index (κ1) is 10.6. The highest BCUT2D eigenvalue weighted by molar-refractivity contribution is 7.14. The molecule has 0 atom stereocenters. The van der Waals surface area contributed by atoms with Gasteiger partial charge in [0.2, 0.25) is 12.2 Å². The Labute approximate surface area is 94.5 Å². The molecule has 2 aromatic rings. The molecular formula is C9H8N2O4S. The average Bonchev–Trinajstić information content (AvgIpc) is 2.83. The van der Waals surface area contributed by atoms with Crippen LogP contribution in [0, 0.1) is 6.92 Å². The minimum absolute atomic E-state index is 0.0902. The van der Waals surface area contributed by atoms with E-state index < -0.39 is 5.97 Å². The average molecular weight is 240 g/mol. The van der Waals surface area contributed by atoms with Gasteiger partial charge in [-0.1, -0.05) is 5.16 Å². The lowest BCUT2D eigenvalue weighted by molar-refractivity contribution is 0.0697. The van der Waals surface area contributed by atoms with Gasteiger partial charge in [-0.15, -0.1) is 11.3 Å². The summed E-state index contributed by atoms with van der Waals surface area (Å²) in [4.78, 5) is 15.7. The molecule has 6 nitrogen and oxygen atoms in total. The lowest BCUT2D eigenvalue weighted by atomic mass is 10.4. The standard InChI is InChI=1S/C9H8N2O4S/c1-5-2-6(8(16-5)9(12)13)14-3-7-10-4-15-11-7/h2,4H,3H2,1H3,(H,12,13). The smallest absolute Gasteiger partial charge is 0.349 e. The molecule has 0 spiro atoms. The molecule has 1 N–H and O–H groups in total. The monoisotopic (exact) mass is 240 g/mol. The van der Waals surface area contributed by atoms with Gasteiger partial charge in [0.15, 0.2) is 11.5 Å². The second-order valence-electron chi connectivity index (χ2n) is 2.99. The Morgan fingerprint density at radius 3 is 3.12 bits per heavy atom. The first-order chi connectivity index (χ1) is 7.66. The fourth-order valence-corrected chi connectivity index (χ4v) is 1.94. The van der Waals surface area contributed by atoms with Gasteiger partial charge in [-0.2, -0.15) is 4.98 Å². The van der Waals surface area contributed by atoms with E-state index in [1.165, 1.54) is 17.7 Å². The number of ether oxygens (including phenoxy) is 1. The van der Waals surface area contributed by atoms with Crippen LogP contribution < -0.4 is 4.74 Å². The Morgan fingerprint density at radius 1 is 1.69 bits per heavy atom. The normalized spacial score (nSPS) is 10.3. The van der Waals surface area contributed by atoms with Crippen molar-refractivity contribution >= 4 is 17.3 Å². The Morgan fingerprint density at radius 2 is 2.50 bits per heavy atom. The zero-order chi connectivity index (χ0) is 11.5. The minimum atomic E-state index is -0.999. The molecule has 2 aromatic heterocycles. The highest BCUT2D eigenvalue weighted by Gasteiger charge is 2.15. The molecule has 2 rings (SSSR count). The Balaban J connectivity index is 2.12. The van der Waals surface area contributed by atoms with Crippen molar-refractivity contribution in [2.24, 2.45) is 0 Å². The van der Waals surface area contributed by atoms with Gasteiger partial charge in [-0.05, 0) is 13.0 Å². The van der Waals surface area contributed by atoms with E-state index in [2.05, 4.69) is 14.7 Å². The summed E-state index contributed by atoms with van der Waals surface area (Å²) in [6.45, 7) is 1.91. The molecule has 0 saturated heterocycles. The predicted octanol–water partition coefficient (Wildman–Crippen LogP) is 1.72. The fraction of sp³-hybridized carbons (Fsp3) is 0.222. The Kier molecular flexibility index (Phi) is 2.86. The van der Waals surface area contributed by atoms with Crippen molar-refractivity contribution in [3.8, 4) is 5.75 Å². The molecule has 84 valence electrons. The molecule has 0 aliphatic rings. The van der Waals surface area contributed by atoms with Gasteiger partial charge in [0, 0.05) is 4.88 Å². The van der Waals surface area contributed by atoms with Crippen molar-refractivity contribution in [2.75, 3.05) is 0 Å². The summed E-state index contributed by atoms with van der Waals surface area (Å²) in [6.07, 6.45) is 1.19. The predicted molar refractivity (Wildman–Crippen MR) is 54.6 cm³/mol. The van der Waals surface area contributed by atoms with Gasteiger partial charge in [0.05, 0.1) is 0 Å². The molecule has 0 radical (unpaired) electrons. The van der Waals surface area contributed by atoms with Crippen molar-refractivity contribution in [3.05, 3.63) is 28.0 Å². The van der Waals surface area contributed by atoms with E-state index in [1.807, 2.05) is 6.92 Å². The van der Waals surface area contributed by atoms with Gasteiger partial charge in [-0.25, -0.2) is 4.79 Å². The van der Waals surface area contributed by atoms with E-state index in [-0.39, 0.29) is 11.5 Å². The Bertz CT molecular complexity index is 492. The third kappa shape index (κ3) is 2.19. The summed E-state index contributed by atoms with van der Waals surface area (Å²) in [5.41, 5.74) is 0. The van der Waals surface area contributed by atoms with Crippen LogP contribution in [-0.4, -0.2) is 21.2 Å². The number of hydrogen-bond donors (Lipinski definition) is 1. The quantitative estimate of drug-likeness (QED) is 0.875. The van der Waals surface area contributed by atoms with E-state index in [0.717, 1.165) is 4.88 Å². The number of carboxylic acid groups (broad SMARTS) is 1. The highest BCUT2D eigenvalue weighted by Crippen LogP contribution is 2.29. The SMILES string of the molecule is Cc1cc(OCc2ncon2)c(C(=O)O)s1. The third-order valence-corrected chi connectivity index (χ3v) is 2.80. The number of aromatic nitrogens is 2. The van der Waals surface area contributed by atoms with Crippen LogP contribution in [0.2, 0.25) is 0 Å². The number of aryl methyl sites for hydroxylation is 1. The van der Waals surface area contributed by atoms with Crippen molar-refractivity contribution in [1.82, 2.24) is 10.1 Å². The second-order valence-corrected chi connectivity index (χ2v) is 4.25. The molecular weight excluding hydrogens is 232 g/mol. The summed E-state index contributed by atoms with van der Waals surface area (Å²) in [7, 11) is 0. The first-order valence-corrected chi connectivity index (χ1v) is 5.20.